The van der Waals surface area contributed by atoms with Gasteiger partial charge in [-0.05, 0) is 41.4 Å². The van der Waals surface area contributed by atoms with Crippen molar-refractivity contribution in [1.29, 1.82) is 0 Å². The Hall–Kier alpha value is -1.56. The van der Waals surface area contributed by atoms with Crippen molar-refractivity contribution < 1.29 is 19.4 Å². The fourth-order valence-corrected chi connectivity index (χ4v) is 2.12. The summed E-state index contributed by atoms with van der Waals surface area (Å²) in [5.74, 6) is -0.801. The second-order valence-electron chi connectivity index (χ2n) is 4.34. The van der Waals surface area contributed by atoms with Crippen molar-refractivity contribution in [2.45, 2.75) is 26.4 Å². The summed E-state index contributed by atoms with van der Waals surface area (Å²) in [6.45, 7) is 3.60. The number of carbonyl (C=O) groups is 2. The minimum atomic E-state index is -1.03. The number of amides is 1. The van der Waals surface area contributed by atoms with Gasteiger partial charge in [0, 0.05) is 6.54 Å². The van der Waals surface area contributed by atoms with E-state index < -0.39 is 12.1 Å². The van der Waals surface area contributed by atoms with Crippen molar-refractivity contribution in [2.75, 3.05) is 13.1 Å². The molecule has 1 atom stereocenters. The van der Waals surface area contributed by atoms with E-state index in [-0.39, 0.29) is 12.5 Å². The molecule has 0 radical (unpaired) electrons. The van der Waals surface area contributed by atoms with Crippen molar-refractivity contribution in [2.24, 2.45) is 0 Å². The van der Waals surface area contributed by atoms with Crippen LogP contribution in [0.2, 0.25) is 0 Å². The van der Waals surface area contributed by atoms with Gasteiger partial charge in [-0.3, -0.25) is 9.59 Å². The second kappa shape index (κ2) is 7.89. The average Bonchev–Trinajstić information content (AvgIpc) is 2.39. The van der Waals surface area contributed by atoms with Crippen molar-refractivity contribution >= 4 is 27.8 Å². The van der Waals surface area contributed by atoms with Gasteiger partial charge in [0.1, 0.15) is 12.3 Å². The number of halogens is 1. The number of carbonyl (C=O) groups excluding carboxylic acids is 1. The van der Waals surface area contributed by atoms with Crippen LogP contribution in [0.4, 0.5) is 0 Å². The Morgan fingerprint density at radius 1 is 1.40 bits per heavy atom. The number of hydrogen-bond acceptors (Lipinski definition) is 3. The number of rotatable bonds is 7. The maximum absolute atomic E-state index is 12.2. The maximum Gasteiger partial charge on any atom is 0.323 e. The number of carboxylic acids is 1. The zero-order valence-electron chi connectivity index (χ0n) is 11.5. The van der Waals surface area contributed by atoms with Gasteiger partial charge in [-0.15, -0.1) is 0 Å². The molecule has 20 heavy (non-hydrogen) atoms. The van der Waals surface area contributed by atoms with E-state index in [9.17, 15) is 9.59 Å². The highest BCUT2D eigenvalue weighted by Gasteiger charge is 2.23. The van der Waals surface area contributed by atoms with Gasteiger partial charge >= 0.3 is 5.97 Å². The van der Waals surface area contributed by atoms with Gasteiger partial charge in [0.15, 0.2) is 6.10 Å². The van der Waals surface area contributed by atoms with Crippen LogP contribution < -0.4 is 4.74 Å². The predicted octanol–water partition coefficient (Wildman–Crippen LogP) is 2.54. The fraction of sp³-hybridized carbons (Fsp3) is 0.429. The quantitative estimate of drug-likeness (QED) is 0.826. The van der Waals surface area contributed by atoms with E-state index in [0.29, 0.717) is 18.7 Å². The summed E-state index contributed by atoms with van der Waals surface area (Å²) in [6.07, 6.45) is -0.0413. The molecular formula is C14H18BrNO4. The molecule has 1 rings (SSSR count). The first-order valence-electron chi connectivity index (χ1n) is 6.37. The summed E-state index contributed by atoms with van der Waals surface area (Å²) in [6, 6.07) is 7.21. The predicted molar refractivity (Wildman–Crippen MR) is 78.7 cm³/mol. The van der Waals surface area contributed by atoms with E-state index in [1.807, 2.05) is 19.1 Å². The monoisotopic (exact) mass is 343 g/mol. The van der Waals surface area contributed by atoms with Crippen LogP contribution in [0, 0.1) is 0 Å². The lowest BCUT2D eigenvalue weighted by Gasteiger charge is -2.24. The van der Waals surface area contributed by atoms with Gasteiger partial charge in [0.2, 0.25) is 0 Å². The molecular weight excluding hydrogens is 326 g/mol. The molecule has 1 aromatic carbocycles. The molecule has 1 aromatic rings. The summed E-state index contributed by atoms with van der Waals surface area (Å²) < 4.78 is 6.33. The van der Waals surface area contributed by atoms with E-state index in [2.05, 4.69) is 15.9 Å². The van der Waals surface area contributed by atoms with Crippen molar-refractivity contribution in [1.82, 2.24) is 4.90 Å². The Morgan fingerprint density at radius 2 is 2.05 bits per heavy atom. The highest BCUT2D eigenvalue weighted by molar-refractivity contribution is 9.10. The molecule has 1 unspecified atom stereocenters. The number of benzene rings is 1. The molecule has 0 heterocycles. The molecule has 0 aliphatic carbocycles. The third-order valence-corrected chi connectivity index (χ3v) is 3.27. The number of nitrogens with zero attached hydrogens (tertiary/aromatic N) is 1. The van der Waals surface area contributed by atoms with Crippen LogP contribution in [-0.2, 0) is 9.59 Å². The normalized spacial score (nSPS) is 11.8. The SMILES string of the molecule is CCCN(CC(=O)O)C(=O)C(C)Oc1ccccc1Br. The Balaban J connectivity index is 2.73. The van der Waals surface area contributed by atoms with Crippen molar-refractivity contribution in [3.05, 3.63) is 28.7 Å². The van der Waals surface area contributed by atoms with Crippen LogP contribution in [0.25, 0.3) is 0 Å². The van der Waals surface area contributed by atoms with E-state index in [4.69, 9.17) is 9.84 Å². The molecule has 0 saturated heterocycles. The van der Waals surface area contributed by atoms with Crippen LogP contribution in [0.5, 0.6) is 5.75 Å². The number of ether oxygens (including phenoxy) is 1. The summed E-state index contributed by atoms with van der Waals surface area (Å²) in [5, 5.41) is 8.83. The first-order chi connectivity index (χ1) is 9.45. The van der Waals surface area contributed by atoms with Gasteiger partial charge in [-0.1, -0.05) is 19.1 Å². The molecule has 5 nitrogen and oxygen atoms in total. The number of hydrogen-bond donors (Lipinski definition) is 1. The average molecular weight is 344 g/mol. The molecule has 0 aliphatic heterocycles. The summed E-state index contributed by atoms with van der Waals surface area (Å²) in [4.78, 5) is 24.3. The third-order valence-electron chi connectivity index (χ3n) is 2.62. The van der Waals surface area contributed by atoms with Gasteiger partial charge < -0.3 is 14.7 Å². The Morgan fingerprint density at radius 3 is 2.60 bits per heavy atom. The molecule has 0 spiro atoms. The van der Waals surface area contributed by atoms with Gasteiger partial charge in [0.25, 0.3) is 5.91 Å². The smallest absolute Gasteiger partial charge is 0.323 e. The summed E-state index contributed by atoms with van der Waals surface area (Å²) in [5.41, 5.74) is 0. The zero-order valence-corrected chi connectivity index (χ0v) is 13.1. The highest BCUT2D eigenvalue weighted by Crippen LogP contribution is 2.25. The topological polar surface area (TPSA) is 66.8 Å². The van der Waals surface area contributed by atoms with E-state index >= 15 is 0 Å². The fourth-order valence-electron chi connectivity index (χ4n) is 1.74. The molecule has 0 bridgehead atoms. The van der Waals surface area contributed by atoms with E-state index in [1.165, 1.54) is 4.90 Å². The third kappa shape index (κ3) is 4.85. The van der Waals surface area contributed by atoms with E-state index in [0.717, 1.165) is 4.47 Å². The number of aliphatic carboxylic acids is 1. The van der Waals surface area contributed by atoms with Crippen LogP contribution in [0.3, 0.4) is 0 Å². The standard InChI is InChI=1S/C14H18BrNO4/c1-3-8-16(9-13(17)18)14(19)10(2)20-12-7-5-4-6-11(12)15/h4-7,10H,3,8-9H2,1-2H3,(H,17,18). The summed E-state index contributed by atoms with van der Waals surface area (Å²) in [7, 11) is 0. The second-order valence-corrected chi connectivity index (χ2v) is 5.20. The molecule has 6 heteroatoms. The lowest BCUT2D eigenvalue weighted by Crippen LogP contribution is -2.43. The minimum absolute atomic E-state index is 0.309. The molecule has 0 fully saturated rings. The van der Waals surface area contributed by atoms with Crippen LogP contribution in [0.15, 0.2) is 28.7 Å². The van der Waals surface area contributed by atoms with Crippen LogP contribution in [0.1, 0.15) is 20.3 Å². The first-order valence-corrected chi connectivity index (χ1v) is 7.16. The van der Waals surface area contributed by atoms with Crippen LogP contribution >= 0.6 is 15.9 Å². The Bertz CT molecular complexity index is 478. The summed E-state index contributed by atoms with van der Waals surface area (Å²) >= 11 is 3.34. The molecule has 0 aliphatic rings. The van der Waals surface area contributed by atoms with Crippen molar-refractivity contribution in [3.63, 3.8) is 0 Å². The molecule has 0 aromatic heterocycles. The molecule has 1 amide bonds. The largest absolute Gasteiger partial charge is 0.480 e. The Labute approximate surface area is 126 Å². The lowest BCUT2D eigenvalue weighted by molar-refractivity contribution is -0.147. The Kier molecular flexibility index (Phi) is 6.51. The molecule has 110 valence electrons. The van der Waals surface area contributed by atoms with Gasteiger partial charge in [0.05, 0.1) is 4.47 Å². The van der Waals surface area contributed by atoms with Gasteiger partial charge in [-0.25, -0.2) is 0 Å². The minimum Gasteiger partial charge on any atom is -0.480 e. The number of para-hydroxylation sites is 1. The lowest BCUT2D eigenvalue weighted by atomic mass is 10.3. The van der Waals surface area contributed by atoms with E-state index in [1.54, 1.807) is 19.1 Å². The highest BCUT2D eigenvalue weighted by atomic mass is 79.9. The zero-order chi connectivity index (χ0) is 15.1. The first kappa shape index (κ1) is 16.5. The van der Waals surface area contributed by atoms with Crippen molar-refractivity contribution in [3.8, 4) is 5.75 Å². The maximum atomic E-state index is 12.2. The van der Waals surface area contributed by atoms with Crippen LogP contribution in [-0.4, -0.2) is 41.1 Å². The number of carboxylic acid groups (broad SMARTS) is 1. The van der Waals surface area contributed by atoms with Gasteiger partial charge in [-0.2, -0.15) is 0 Å². The molecule has 0 saturated carbocycles. The molecule has 1 N–H and O–H groups in total.